The fourth-order valence-corrected chi connectivity index (χ4v) is 1.89. The van der Waals surface area contributed by atoms with Crippen molar-refractivity contribution in [2.75, 3.05) is 6.54 Å². The van der Waals surface area contributed by atoms with Crippen molar-refractivity contribution in [2.24, 2.45) is 11.8 Å². The third-order valence-corrected chi connectivity index (χ3v) is 2.98. The smallest absolute Gasteiger partial charge is 0.220 e. The lowest BCUT2D eigenvalue weighted by Crippen LogP contribution is -2.34. The molecule has 1 amide bonds. The van der Waals surface area contributed by atoms with Crippen LogP contribution in [0, 0.1) is 11.8 Å². The standard InChI is InChI=1S/C12H23NO2/c1-9(2)6-11(14)8-13-12(15)7-10-4-3-5-10/h9-11,14H,3-8H2,1-2H3,(H,13,15)/t11-/m1/s1. The van der Waals surface area contributed by atoms with Gasteiger partial charge >= 0.3 is 0 Å². The summed E-state index contributed by atoms with van der Waals surface area (Å²) in [5.74, 6) is 1.18. The van der Waals surface area contributed by atoms with Gasteiger partial charge in [-0.2, -0.15) is 0 Å². The molecule has 0 aromatic rings. The Kier molecular flexibility index (Phi) is 5.09. The largest absolute Gasteiger partial charge is 0.391 e. The Morgan fingerprint density at radius 1 is 1.47 bits per heavy atom. The number of rotatable bonds is 6. The fraction of sp³-hybridized carbons (Fsp3) is 0.917. The van der Waals surface area contributed by atoms with Crippen LogP contribution >= 0.6 is 0 Å². The molecule has 0 heterocycles. The quantitative estimate of drug-likeness (QED) is 0.705. The first-order valence-corrected chi connectivity index (χ1v) is 6.02. The van der Waals surface area contributed by atoms with Crippen LogP contribution in [-0.2, 0) is 4.79 Å². The minimum atomic E-state index is -0.393. The van der Waals surface area contributed by atoms with E-state index in [0.29, 0.717) is 24.8 Å². The maximum Gasteiger partial charge on any atom is 0.220 e. The molecule has 3 heteroatoms. The summed E-state index contributed by atoms with van der Waals surface area (Å²) in [6.07, 6.45) is 4.67. The van der Waals surface area contributed by atoms with Gasteiger partial charge in [0.05, 0.1) is 6.10 Å². The first-order valence-electron chi connectivity index (χ1n) is 6.02. The van der Waals surface area contributed by atoms with Crippen molar-refractivity contribution < 1.29 is 9.90 Å². The van der Waals surface area contributed by atoms with Crippen molar-refractivity contribution in [3.63, 3.8) is 0 Å². The molecule has 2 N–H and O–H groups in total. The second kappa shape index (κ2) is 6.11. The molecule has 1 fully saturated rings. The van der Waals surface area contributed by atoms with E-state index in [9.17, 15) is 9.90 Å². The summed E-state index contributed by atoms with van der Waals surface area (Å²) in [4.78, 5) is 11.4. The van der Waals surface area contributed by atoms with Gasteiger partial charge in [-0.15, -0.1) is 0 Å². The van der Waals surface area contributed by atoms with Gasteiger partial charge in [-0.05, 0) is 31.1 Å². The molecule has 1 rings (SSSR count). The van der Waals surface area contributed by atoms with Crippen LogP contribution < -0.4 is 5.32 Å². The van der Waals surface area contributed by atoms with Crippen molar-refractivity contribution in [3.05, 3.63) is 0 Å². The molecule has 1 aliphatic rings. The molecule has 0 bridgehead atoms. The topological polar surface area (TPSA) is 49.3 Å². The number of carbonyl (C=O) groups excluding carboxylic acids is 1. The molecule has 3 nitrogen and oxygen atoms in total. The molecule has 0 aliphatic heterocycles. The number of aliphatic hydroxyl groups excluding tert-OH is 1. The average Bonchev–Trinajstić information content (AvgIpc) is 2.07. The van der Waals surface area contributed by atoms with Crippen LogP contribution in [0.1, 0.15) is 46.0 Å². The summed E-state index contributed by atoms with van der Waals surface area (Å²) < 4.78 is 0. The van der Waals surface area contributed by atoms with E-state index in [1.54, 1.807) is 0 Å². The van der Waals surface area contributed by atoms with Crippen LogP contribution in [0.5, 0.6) is 0 Å². The fourth-order valence-electron chi connectivity index (χ4n) is 1.89. The Morgan fingerprint density at radius 3 is 2.60 bits per heavy atom. The first kappa shape index (κ1) is 12.5. The van der Waals surface area contributed by atoms with Crippen molar-refractivity contribution in [1.82, 2.24) is 5.32 Å². The molecule has 15 heavy (non-hydrogen) atoms. The number of carbonyl (C=O) groups is 1. The second-order valence-electron chi connectivity index (χ2n) is 5.09. The van der Waals surface area contributed by atoms with Crippen LogP contribution in [0.3, 0.4) is 0 Å². The predicted octanol–water partition coefficient (Wildman–Crippen LogP) is 1.70. The van der Waals surface area contributed by atoms with E-state index in [-0.39, 0.29) is 5.91 Å². The number of hydrogen-bond acceptors (Lipinski definition) is 2. The summed E-state index contributed by atoms with van der Waals surface area (Å²) in [6.45, 7) is 4.54. The van der Waals surface area contributed by atoms with E-state index in [2.05, 4.69) is 19.2 Å². The predicted molar refractivity (Wildman–Crippen MR) is 60.4 cm³/mol. The van der Waals surface area contributed by atoms with Gasteiger partial charge in [0.25, 0.3) is 0 Å². The Bertz CT molecular complexity index is 200. The molecular formula is C12H23NO2. The number of aliphatic hydroxyl groups is 1. The Hall–Kier alpha value is -0.570. The third kappa shape index (κ3) is 5.17. The van der Waals surface area contributed by atoms with Gasteiger partial charge in [-0.25, -0.2) is 0 Å². The lowest BCUT2D eigenvalue weighted by molar-refractivity contribution is -0.123. The van der Waals surface area contributed by atoms with E-state index in [1.807, 2.05) is 0 Å². The molecule has 88 valence electrons. The van der Waals surface area contributed by atoms with E-state index in [0.717, 1.165) is 6.42 Å². The molecule has 1 saturated carbocycles. The Morgan fingerprint density at radius 2 is 2.13 bits per heavy atom. The zero-order valence-corrected chi connectivity index (χ0v) is 9.83. The maximum absolute atomic E-state index is 11.4. The molecule has 0 unspecified atom stereocenters. The van der Waals surface area contributed by atoms with Gasteiger partial charge < -0.3 is 10.4 Å². The first-order chi connectivity index (χ1) is 7.08. The van der Waals surface area contributed by atoms with E-state index in [4.69, 9.17) is 0 Å². The van der Waals surface area contributed by atoms with Crippen molar-refractivity contribution in [3.8, 4) is 0 Å². The van der Waals surface area contributed by atoms with Gasteiger partial charge in [-0.1, -0.05) is 20.3 Å². The number of hydrogen-bond donors (Lipinski definition) is 2. The third-order valence-electron chi connectivity index (χ3n) is 2.98. The van der Waals surface area contributed by atoms with Crippen molar-refractivity contribution in [2.45, 2.75) is 52.1 Å². The van der Waals surface area contributed by atoms with E-state index < -0.39 is 6.10 Å². The van der Waals surface area contributed by atoms with E-state index in [1.165, 1.54) is 19.3 Å². The van der Waals surface area contributed by atoms with Crippen LogP contribution in [0.2, 0.25) is 0 Å². The van der Waals surface area contributed by atoms with Gasteiger partial charge in [-0.3, -0.25) is 4.79 Å². The molecule has 0 saturated heterocycles. The summed E-state index contributed by atoms with van der Waals surface area (Å²) in [5, 5.41) is 12.4. The molecule has 0 spiro atoms. The lowest BCUT2D eigenvalue weighted by Gasteiger charge is -2.24. The lowest BCUT2D eigenvalue weighted by atomic mass is 9.83. The zero-order valence-electron chi connectivity index (χ0n) is 9.83. The van der Waals surface area contributed by atoms with Crippen LogP contribution in [0.4, 0.5) is 0 Å². The van der Waals surface area contributed by atoms with Gasteiger partial charge in [0, 0.05) is 13.0 Å². The average molecular weight is 213 g/mol. The molecule has 1 aliphatic carbocycles. The Balaban J connectivity index is 2.04. The highest BCUT2D eigenvalue weighted by atomic mass is 16.3. The summed E-state index contributed by atoms with van der Waals surface area (Å²) >= 11 is 0. The summed E-state index contributed by atoms with van der Waals surface area (Å²) in [6, 6.07) is 0. The minimum absolute atomic E-state index is 0.0995. The van der Waals surface area contributed by atoms with Gasteiger partial charge in [0.15, 0.2) is 0 Å². The summed E-state index contributed by atoms with van der Waals surface area (Å²) in [5.41, 5.74) is 0. The van der Waals surface area contributed by atoms with Crippen LogP contribution in [-0.4, -0.2) is 23.7 Å². The molecule has 0 radical (unpaired) electrons. The minimum Gasteiger partial charge on any atom is -0.391 e. The summed E-state index contributed by atoms with van der Waals surface area (Å²) in [7, 11) is 0. The van der Waals surface area contributed by atoms with Gasteiger partial charge in [0.2, 0.25) is 5.91 Å². The normalized spacial score (nSPS) is 18.7. The Labute approximate surface area is 92.3 Å². The number of amides is 1. The van der Waals surface area contributed by atoms with Crippen LogP contribution in [0.25, 0.3) is 0 Å². The highest BCUT2D eigenvalue weighted by molar-refractivity contribution is 5.76. The second-order valence-corrected chi connectivity index (χ2v) is 5.09. The molecule has 0 aromatic heterocycles. The number of nitrogens with one attached hydrogen (secondary N) is 1. The molecule has 1 atom stereocenters. The zero-order chi connectivity index (χ0) is 11.3. The SMILES string of the molecule is CC(C)C[C@@H](O)CNC(=O)CC1CCC1. The van der Waals surface area contributed by atoms with Gasteiger partial charge in [0.1, 0.15) is 0 Å². The van der Waals surface area contributed by atoms with Crippen molar-refractivity contribution in [1.29, 1.82) is 0 Å². The maximum atomic E-state index is 11.4. The van der Waals surface area contributed by atoms with Crippen LogP contribution in [0.15, 0.2) is 0 Å². The van der Waals surface area contributed by atoms with E-state index >= 15 is 0 Å². The highest BCUT2D eigenvalue weighted by Gasteiger charge is 2.20. The highest BCUT2D eigenvalue weighted by Crippen LogP contribution is 2.28. The van der Waals surface area contributed by atoms with Crippen molar-refractivity contribution >= 4 is 5.91 Å². The molecular weight excluding hydrogens is 190 g/mol. The monoisotopic (exact) mass is 213 g/mol. The molecule has 0 aromatic carbocycles.